The Hall–Kier alpha value is -2.16. The van der Waals surface area contributed by atoms with Crippen molar-refractivity contribution in [2.24, 2.45) is 5.41 Å². The highest BCUT2D eigenvalue weighted by molar-refractivity contribution is 5.32. The fourth-order valence-corrected chi connectivity index (χ4v) is 3.86. The molecule has 2 nitrogen and oxygen atoms in total. The third kappa shape index (κ3) is 5.66. The van der Waals surface area contributed by atoms with E-state index in [9.17, 15) is 0 Å². The second-order valence-corrected chi connectivity index (χ2v) is 7.62. The first-order valence-electron chi connectivity index (χ1n) is 9.75. The normalized spacial score (nSPS) is 16.4. The lowest BCUT2D eigenvalue weighted by Crippen LogP contribution is -2.30. The van der Waals surface area contributed by atoms with Gasteiger partial charge in [-0.2, -0.15) is 0 Å². The molecule has 0 bridgehead atoms. The van der Waals surface area contributed by atoms with Gasteiger partial charge in [-0.15, -0.1) is 0 Å². The van der Waals surface area contributed by atoms with E-state index in [1.165, 1.54) is 22.3 Å². The van der Waals surface area contributed by atoms with Gasteiger partial charge in [-0.1, -0.05) is 78.4 Å². The summed E-state index contributed by atoms with van der Waals surface area (Å²) in [5.74, 6) is 0. The fraction of sp³-hybridized carbons (Fsp3) is 0.360. The van der Waals surface area contributed by atoms with Gasteiger partial charge in [0.25, 0.3) is 0 Å². The van der Waals surface area contributed by atoms with Crippen LogP contribution in [0.25, 0.3) is 0 Å². The minimum Gasteiger partial charge on any atom is -0.376 e. The van der Waals surface area contributed by atoms with Crippen LogP contribution in [0.15, 0.2) is 84.0 Å². The number of hydrogen-bond acceptors (Lipinski definition) is 2. The van der Waals surface area contributed by atoms with E-state index in [0.717, 1.165) is 26.1 Å². The van der Waals surface area contributed by atoms with Gasteiger partial charge in [-0.05, 0) is 43.4 Å². The number of rotatable bonds is 9. The second-order valence-electron chi connectivity index (χ2n) is 7.62. The summed E-state index contributed by atoms with van der Waals surface area (Å²) in [6.07, 6.45) is 6.43. The Bertz CT molecular complexity index is 714. The third-order valence-corrected chi connectivity index (χ3v) is 5.16. The Labute approximate surface area is 163 Å². The smallest absolute Gasteiger partial charge is 0.0717 e. The summed E-state index contributed by atoms with van der Waals surface area (Å²) in [5.41, 5.74) is 5.36. The zero-order valence-corrected chi connectivity index (χ0v) is 16.5. The van der Waals surface area contributed by atoms with Gasteiger partial charge in [0, 0.05) is 5.41 Å². The Balaban J connectivity index is 1.60. The molecule has 27 heavy (non-hydrogen) atoms. The highest BCUT2D eigenvalue weighted by atomic mass is 16.5. The van der Waals surface area contributed by atoms with Gasteiger partial charge in [0.05, 0.1) is 26.4 Å². The molecule has 0 spiro atoms. The Morgan fingerprint density at radius 2 is 1.33 bits per heavy atom. The number of allylic oxidation sites excluding steroid dienone is 4. The van der Waals surface area contributed by atoms with Crippen molar-refractivity contribution in [3.05, 3.63) is 95.1 Å². The highest BCUT2D eigenvalue weighted by Crippen LogP contribution is 2.43. The van der Waals surface area contributed by atoms with Crippen molar-refractivity contribution < 1.29 is 9.47 Å². The molecule has 0 heterocycles. The lowest BCUT2D eigenvalue weighted by Gasteiger charge is -2.29. The molecule has 0 aromatic heterocycles. The van der Waals surface area contributed by atoms with E-state index in [1.807, 2.05) is 12.1 Å². The van der Waals surface area contributed by atoms with Gasteiger partial charge in [-0.25, -0.2) is 0 Å². The van der Waals surface area contributed by atoms with E-state index >= 15 is 0 Å². The first-order valence-corrected chi connectivity index (χ1v) is 9.75. The molecule has 3 rings (SSSR count). The van der Waals surface area contributed by atoms with Crippen LogP contribution in [0.2, 0.25) is 0 Å². The Morgan fingerprint density at radius 3 is 1.81 bits per heavy atom. The van der Waals surface area contributed by atoms with E-state index in [4.69, 9.17) is 9.47 Å². The van der Waals surface area contributed by atoms with Gasteiger partial charge in [-0.3, -0.25) is 0 Å². The van der Waals surface area contributed by atoms with Crippen LogP contribution in [0, 0.1) is 5.41 Å². The average Bonchev–Trinajstić information content (AvgIpc) is 2.99. The van der Waals surface area contributed by atoms with Crippen molar-refractivity contribution in [3.63, 3.8) is 0 Å². The first kappa shape index (κ1) is 19.6. The van der Waals surface area contributed by atoms with Crippen molar-refractivity contribution in [1.29, 1.82) is 0 Å². The molecule has 2 aromatic carbocycles. The summed E-state index contributed by atoms with van der Waals surface area (Å²) in [6, 6.07) is 20.8. The molecule has 2 aromatic rings. The van der Waals surface area contributed by atoms with Crippen LogP contribution in [0.4, 0.5) is 0 Å². The SMILES string of the molecule is C/C=C/C1=C(C)CC(COCc2ccccc2)(COCc2ccccc2)C1. The van der Waals surface area contributed by atoms with Crippen LogP contribution in [0.5, 0.6) is 0 Å². The predicted octanol–water partition coefficient (Wildman–Crippen LogP) is 6.09. The number of hydrogen-bond donors (Lipinski definition) is 0. The number of benzene rings is 2. The number of ether oxygens (including phenoxy) is 2. The monoisotopic (exact) mass is 362 g/mol. The van der Waals surface area contributed by atoms with Crippen LogP contribution in [-0.2, 0) is 22.7 Å². The molecular weight excluding hydrogens is 332 g/mol. The van der Waals surface area contributed by atoms with E-state index in [0.29, 0.717) is 13.2 Å². The van der Waals surface area contributed by atoms with Crippen molar-refractivity contribution in [3.8, 4) is 0 Å². The molecule has 0 fully saturated rings. The molecule has 0 amide bonds. The van der Waals surface area contributed by atoms with Crippen molar-refractivity contribution >= 4 is 0 Å². The first-order chi connectivity index (χ1) is 13.2. The summed E-state index contributed by atoms with van der Waals surface area (Å²) in [6.45, 7) is 7.06. The lowest BCUT2D eigenvalue weighted by molar-refractivity contribution is -0.0280. The molecule has 1 aliphatic carbocycles. The molecule has 0 radical (unpaired) electrons. The van der Waals surface area contributed by atoms with Crippen molar-refractivity contribution in [1.82, 2.24) is 0 Å². The molecule has 142 valence electrons. The zero-order chi connectivity index (χ0) is 19.0. The largest absolute Gasteiger partial charge is 0.376 e. The van der Waals surface area contributed by atoms with Crippen LogP contribution in [0.1, 0.15) is 37.8 Å². The maximum Gasteiger partial charge on any atom is 0.0717 e. The van der Waals surface area contributed by atoms with E-state index in [2.05, 4.69) is 74.5 Å². The molecule has 0 N–H and O–H groups in total. The molecule has 2 heteroatoms. The second kappa shape index (κ2) is 9.68. The topological polar surface area (TPSA) is 18.5 Å². The molecule has 0 saturated heterocycles. The van der Waals surface area contributed by atoms with Crippen LogP contribution in [-0.4, -0.2) is 13.2 Å². The van der Waals surface area contributed by atoms with Crippen molar-refractivity contribution in [2.75, 3.05) is 13.2 Å². The van der Waals surface area contributed by atoms with Crippen LogP contribution >= 0.6 is 0 Å². The maximum absolute atomic E-state index is 6.15. The fourth-order valence-electron chi connectivity index (χ4n) is 3.86. The Kier molecular flexibility index (Phi) is 7.03. The quantitative estimate of drug-likeness (QED) is 0.537. The standard InChI is InChI=1S/C25H30O2/c1-3-10-24-16-25(15-21(24)2,19-26-17-22-11-6-4-7-12-22)20-27-18-23-13-8-5-9-14-23/h3-14H,15-20H2,1-2H3/b10-3+. The maximum atomic E-state index is 6.15. The van der Waals surface area contributed by atoms with Crippen LogP contribution in [0.3, 0.4) is 0 Å². The summed E-state index contributed by atoms with van der Waals surface area (Å²) in [4.78, 5) is 0. The van der Waals surface area contributed by atoms with Gasteiger partial charge in [0.2, 0.25) is 0 Å². The summed E-state index contributed by atoms with van der Waals surface area (Å²) in [7, 11) is 0. The minimum absolute atomic E-state index is 0.0302. The highest BCUT2D eigenvalue weighted by Gasteiger charge is 2.37. The minimum atomic E-state index is 0.0302. The van der Waals surface area contributed by atoms with Gasteiger partial charge >= 0.3 is 0 Å². The molecule has 1 aliphatic rings. The van der Waals surface area contributed by atoms with E-state index in [-0.39, 0.29) is 5.41 Å². The zero-order valence-electron chi connectivity index (χ0n) is 16.5. The Morgan fingerprint density at radius 1 is 0.815 bits per heavy atom. The molecule has 0 aliphatic heterocycles. The van der Waals surface area contributed by atoms with Gasteiger partial charge in [0.1, 0.15) is 0 Å². The van der Waals surface area contributed by atoms with E-state index in [1.54, 1.807) is 0 Å². The lowest BCUT2D eigenvalue weighted by atomic mass is 9.85. The molecular formula is C25H30O2. The summed E-state index contributed by atoms with van der Waals surface area (Å²) >= 11 is 0. The van der Waals surface area contributed by atoms with Crippen molar-refractivity contribution in [2.45, 2.75) is 39.9 Å². The third-order valence-electron chi connectivity index (χ3n) is 5.16. The summed E-state index contributed by atoms with van der Waals surface area (Å²) < 4.78 is 12.3. The van der Waals surface area contributed by atoms with Gasteiger partial charge in [0.15, 0.2) is 0 Å². The molecule has 0 saturated carbocycles. The summed E-state index contributed by atoms with van der Waals surface area (Å²) in [5, 5.41) is 0. The predicted molar refractivity (Wildman–Crippen MR) is 111 cm³/mol. The molecule has 0 unspecified atom stereocenters. The average molecular weight is 363 g/mol. The van der Waals surface area contributed by atoms with Gasteiger partial charge < -0.3 is 9.47 Å². The van der Waals surface area contributed by atoms with Crippen LogP contribution < -0.4 is 0 Å². The van der Waals surface area contributed by atoms with E-state index < -0.39 is 0 Å². The molecule has 0 atom stereocenters.